The second-order valence-electron chi connectivity index (χ2n) is 4.64. The summed E-state index contributed by atoms with van der Waals surface area (Å²) >= 11 is 7.49. The smallest absolute Gasteiger partial charge is 0.142 e. The molecule has 0 aliphatic carbocycles. The Balaban J connectivity index is 2.01. The summed E-state index contributed by atoms with van der Waals surface area (Å²) < 4.78 is 13.3. The number of aliphatic hydroxyl groups excluding tert-OH is 1. The van der Waals surface area contributed by atoms with Crippen molar-refractivity contribution in [1.29, 1.82) is 0 Å². The molecule has 1 aliphatic rings. The second-order valence-corrected chi connectivity index (χ2v) is 6.20. The maximum atomic E-state index is 13.3. The summed E-state index contributed by atoms with van der Waals surface area (Å²) in [7, 11) is 2.02. The molecule has 1 aromatic carbocycles. The van der Waals surface area contributed by atoms with Crippen molar-refractivity contribution in [2.45, 2.75) is 18.6 Å². The van der Waals surface area contributed by atoms with E-state index in [1.165, 1.54) is 12.1 Å². The molecule has 1 heterocycles. The number of rotatable bonds is 3. The quantitative estimate of drug-likeness (QED) is 0.924. The Morgan fingerprint density at radius 3 is 3.06 bits per heavy atom. The van der Waals surface area contributed by atoms with Gasteiger partial charge in [-0.15, -0.1) is 0 Å². The number of benzene rings is 1. The van der Waals surface area contributed by atoms with E-state index >= 15 is 0 Å². The lowest BCUT2D eigenvalue weighted by molar-refractivity contribution is 0.0763. The van der Waals surface area contributed by atoms with E-state index in [1.54, 1.807) is 6.07 Å². The molecule has 0 spiro atoms. The van der Waals surface area contributed by atoms with Gasteiger partial charge < -0.3 is 5.11 Å². The first-order valence-electron chi connectivity index (χ1n) is 5.98. The van der Waals surface area contributed by atoms with Crippen LogP contribution in [0.15, 0.2) is 18.2 Å². The molecule has 0 saturated carbocycles. The molecule has 1 aliphatic heterocycles. The average molecular weight is 290 g/mol. The van der Waals surface area contributed by atoms with Crippen molar-refractivity contribution in [2.24, 2.45) is 0 Å². The number of halogens is 2. The highest BCUT2D eigenvalue weighted by Gasteiger charge is 2.26. The van der Waals surface area contributed by atoms with Crippen LogP contribution in [0.5, 0.6) is 0 Å². The molecule has 0 radical (unpaired) electrons. The molecule has 1 N–H and O–H groups in total. The molecule has 1 fully saturated rings. The van der Waals surface area contributed by atoms with E-state index in [-0.39, 0.29) is 11.1 Å². The summed E-state index contributed by atoms with van der Waals surface area (Å²) in [6, 6.07) is 4.85. The zero-order valence-electron chi connectivity index (χ0n) is 10.3. The van der Waals surface area contributed by atoms with Crippen LogP contribution in [0.3, 0.4) is 0 Å². The van der Waals surface area contributed by atoms with Gasteiger partial charge in [0.1, 0.15) is 5.82 Å². The summed E-state index contributed by atoms with van der Waals surface area (Å²) in [5, 5.41) is 10.4. The summed E-state index contributed by atoms with van der Waals surface area (Å²) in [4.78, 5) is 2.17. The minimum absolute atomic E-state index is 0.124. The lowest BCUT2D eigenvalue weighted by Gasteiger charge is -2.35. The fourth-order valence-electron chi connectivity index (χ4n) is 2.15. The van der Waals surface area contributed by atoms with Crippen molar-refractivity contribution in [1.82, 2.24) is 4.90 Å². The summed E-state index contributed by atoms with van der Waals surface area (Å²) in [6.07, 6.45) is -0.00714. The third kappa shape index (κ3) is 3.38. The van der Waals surface area contributed by atoms with E-state index in [0.717, 1.165) is 23.6 Å². The Labute approximate surface area is 116 Å². The van der Waals surface area contributed by atoms with E-state index in [9.17, 15) is 9.50 Å². The zero-order valence-corrected chi connectivity index (χ0v) is 11.8. The van der Waals surface area contributed by atoms with Crippen LogP contribution in [-0.2, 0) is 6.42 Å². The molecule has 0 amide bonds. The first-order valence-corrected chi connectivity index (χ1v) is 7.51. The van der Waals surface area contributed by atoms with E-state index in [1.807, 2.05) is 18.8 Å². The normalized spacial score (nSPS) is 23.0. The standard InChI is InChI=1S/C13H17ClFNOS/c1-16-4-5-18-8-12(16)13(17)7-9-2-3-10(14)11(15)6-9/h2-3,6,12-13,17H,4-5,7-8H2,1H3. The maximum absolute atomic E-state index is 13.3. The van der Waals surface area contributed by atoms with Gasteiger partial charge in [-0.25, -0.2) is 4.39 Å². The molecule has 100 valence electrons. The van der Waals surface area contributed by atoms with Crippen LogP contribution in [0.2, 0.25) is 5.02 Å². The van der Waals surface area contributed by atoms with Crippen LogP contribution in [-0.4, -0.2) is 47.3 Å². The highest BCUT2D eigenvalue weighted by Crippen LogP contribution is 2.21. The van der Waals surface area contributed by atoms with Crippen molar-refractivity contribution in [3.63, 3.8) is 0 Å². The van der Waals surface area contributed by atoms with Gasteiger partial charge in [0.05, 0.1) is 11.1 Å². The number of aliphatic hydroxyl groups is 1. The fraction of sp³-hybridized carbons (Fsp3) is 0.538. The van der Waals surface area contributed by atoms with Crippen LogP contribution in [0.25, 0.3) is 0 Å². The van der Waals surface area contributed by atoms with Crippen LogP contribution < -0.4 is 0 Å². The van der Waals surface area contributed by atoms with Crippen LogP contribution in [0.1, 0.15) is 5.56 Å². The third-order valence-electron chi connectivity index (χ3n) is 3.32. The van der Waals surface area contributed by atoms with E-state index in [0.29, 0.717) is 6.42 Å². The summed E-state index contributed by atoms with van der Waals surface area (Å²) in [6.45, 7) is 0.987. The van der Waals surface area contributed by atoms with Gasteiger partial charge in [0.2, 0.25) is 0 Å². The molecule has 2 nitrogen and oxygen atoms in total. The van der Waals surface area contributed by atoms with Crippen molar-refractivity contribution in [3.05, 3.63) is 34.6 Å². The van der Waals surface area contributed by atoms with Gasteiger partial charge in [0.15, 0.2) is 0 Å². The van der Waals surface area contributed by atoms with Gasteiger partial charge >= 0.3 is 0 Å². The Kier molecular flexibility index (Phi) is 4.90. The molecule has 1 saturated heterocycles. The molecular weight excluding hydrogens is 273 g/mol. The number of nitrogens with zero attached hydrogens (tertiary/aromatic N) is 1. The molecule has 1 aromatic rings. The number of likely N-dealkylation sites (N-methyl/N-ethyl adjacent to an activating group) is 1. The topological polar surface area (TPSA) is 23.5 Å². The van der Waals surface area contributed by atoms with E-state index in [2.05, 4.69) is 4.90 Å². The predicted molar refractivity (Wildman–Crippen MR) is 74.9 cm³/mol. The van der Waals surface area contributed by atoms with Crippen molar-refractivity contribution >= 4 is 23.4 Å². The Morgan fingerprint density at radius 1 is 1.61 bits per heavy atom. The van der Waals surface area contributed by atoms with Crippen LogP contribution in [0, 0.1) is 5.82 Å². The summed E-state index contributed by atoms with van der Waals surface area (Å²) in [5.74, 6) is 1.61. The SMILES string of the molecule is CN1CCSCC1C(O)Cc1ccc(Cl)c(F)c1. The molecule has 0 aromatic heterocycles. The van der Waals surface area contributed by atoms with Crippen molar-refractivity contribution in [2.75, 3.05) is 25.1 Å². The average Bonchev–Trinajstić information content (AvgIpc) is 2.34. The molecule has 2 rings (SSSR count). The minimum Gasteiger partial charge on any atom is -0.391 e. The lowest BCUT2D eigenvalue weighted by atomic mass is 10.0. The molecule has 5 heteroatoms. The minimum atomic E-state index is -0.469. The van der Waals surface area contributed by atoms with Gasteiger partial charge in [0, 0.05) is 30.5 Å². The predicted octanol–water partition coefficient (Wildman–Crippen LogP) is 2.43. The number of hydrogen-bond donors (Lipinski definition) is 1. The van der Waals surface area contributed by atoms with Gasteiger partial charge in [-0.2, -0.15) is 11.8 Å². The van der Waals surface area contributed by atoms with Gasteiger partial charge in [-0.1, -0.05) is 17.7 Å². The van der Waals surface area contributed by atoms with Gasteiger partial charge in [0.25, 0.3) is 0 Å². The third-order valence-corrected chi connectivity index (χ3v) is 4.67. The van der Waals surface area contributed by atoms with E-state index in [4.69, 9.17) is 11.6 Å². The van der Waals surface area contributed by atoms with Crippen LogP contribution in [0.4, 0.5) is 4.39 Å². The van der Waals surface area contributed by atoms with Gasteiger partial charge in [-0.05, 0) is 24.7 Å². The van der Waals surface area contributed by atoms with Crippen molar-refractivity contribution in [3.8, 4) is 0 Å². The Bertz CT molecular complexity index is 418. The maximum Gasteiger partial charge on any atom is 0.142 e. The second kappa shape index (κ2) is 6.24. The Morgan fingerprint density at radius 2 is 2.39 bits per heavy atom. The zero-order chi connectivity index (χ0) is 13.1. The molecule has 18 heavy (non-hydrogen) atoms. The lowest BCUT2D eigenvalue weighted by Crippen LogP contribution is -2.47. The summed E-state index contributed by atoms with van der Waals surface area (Å²) in [5.41, 5.74) is 0.786. The molecule has 2 atom stereocenters. The first kappa shape index (κ1) is 14.1. The van der Waals surface area contributed by atoms with Crippen LogP contribution >= 0.6 is 23.4 Å². The number of hydrogen-bond acceptors (Lipinski definition) is 3. The highest BCUT2D eigenvalue weighted by atomic mass is 35.5. The largest absolute Gasteiger partial charge is 0.391 e. The van der Waals surface area contributed by atoms with Gasteiger partial charge in [-0.3, -0.25) is 4.90 Å². The number of thioether (sulfide) groups is 1. The molecular formula is C13H17ClFNOS. The highest BCUT2D eigenvalue weighted by molar-refractivity contribution is 7.99. The first-order chi connectivity index (χ1) is 8.58. The van der Waals surface area contributed by atoms with E-state index < -0.39 is 11.9 Å². The molecule has 2 unspecified atom stereocenters. The molecule has 0 bridgehead atoms. The Hall–Kier alpha value is -0.290. The fourth-order valence-corrected chi connectivity index (χ4v) is 3.57. The monoisotopic (exact) mass is 289 g/mol. The van der Waals surface area contributed by atoms with Crippen molar-refractivity contribution < 1.29 is 9.50 Å².